The molecule has 0 fully saturated rings. The van der Waals surface area contributed by atoms with Crippen LogP contribution in [0.5, 0.6) is 0 Å². The molecular weight excluding hydrogens is 264 g/mol. The molecule has 0 spiro atoms. The average Bonchev–Trinajstić information content (AvgIpc) is 2.90. The van der Waals surface area contributed by atoms with E-state index in [1.807, 2.05) is 30.3 Å². The number of hydrogen-bond acceptors (Lipinski definition) is 3. The number of nitrogens with one attached hydrogen (secondary N) is 3. The van der Waals surface area contributed by atoms with Crippen molar-refractivity contribution in [1.29, 1.82) is 10.8 Å². The molecule has 0 saturated heterocycles. The normalized spacial score (nSPS) is 10.7. The van der Waals surface area contributed by atoms with Crippen molar-refractivity contribution in [1.82, 2.24) is 9.97 Å². The van der Waals surface area contributed by atoms with Crippen molar-refractivity contribution in [3.8, 4) is 11.4 Å². The second kappa shape index (κ2) is 4.75. The van der Waals surface area contributed by atoms with E-state index in [1.165, 1.54) is 0 Å². The second-order valence-corrected chi connectivity index (χ2v) is 4.74. The number of fused-ring (bicyclic) bond motifs is 1. The van der Waals surface area contributed by atoms with E-state index in [0.29, 0.717) is 11.1 Å². The Bertz CT molecular complexity index is 844. The largest absolute Gasteiger partial charge is 0.384 e. The first kappa shape index (κ1) is 12.9. The number of nitrogen functional groups attached to an aromatic ring is 2. The van der Waals surface area contributed by atoms with Crippen LogP contribution in [0.2, 0.25) is 0 Å². The minimum Gasteiger partial charge on any atom is -0.384 e. The van der Waals surface area contributed by atoms with Gasteiger partial charge in [-0.25, -0.2) is 0 Å². The van der Waals surface area contributed by atoms with Crippen LogP contribution in [0.15, 0.2) is 42.6 Å². The maximum atomic E-state index is 7.46. The van der Waals surface area contributed by atoms with Crippen LogP contribution in [0.1, 0.15) is 11.1 Å². The predicted molar refractivity (Wildman–Crippen MR) is 83.6 cm³/mol. The molecule has 2 heterocycles. The molecule has 0 bridgehead atoms. The first-order chi connectivity index (χ1) is 10.0. The predicted octanol–water partition coefficient (Wildman–Crippen LogP) is 1.80. The number of aromatic amines is 1. The summed E-state index contributed by atoms with van der Waals surface area (Å²) >= 11 is 0. The summed E-state index contributed by atoms with van der Waals surface area (Å²) in [4.78, 5) is 7.56. The lowest BCUT2D eigenvalue weighted by Crippen LogP contribution is -2.11. The van der Waals surface area contributed by atoms with Crippen molar-refractivity contribution in [3.63, 3.8) is 0 Å². The Morgan fingerprint density at radius 3 is 2.29 bits per heavy atom. The van der Waals surface area contributed by atoms with Crippen molar-refractivity contribution in [2.45, 2.75) is 0 Å². The van der Waals surface area contributed by atoms with Gasteiger partial charge in [0.15, 0.2) is 0 Å². The lowest BCUT2D eigenvalue weighted by atomic mass is 10.1. The molecule has 1 aromatic carbocycles. The molecule has 3 rings (SSSR count). The second-order valence-electron chi connectivity index (χ2n) is 4.74. The molecule has 0 unspecified atom stereocenters. The summed E-state index contributed by atoms with van der Waals surface area (Å²) in [5, 5.41) is 15.8. The number of rotatable bonds is 3. The van der Waals surface area contributed by atoms with Gasteiger partial charge in [0, 0.05) is 28.2 Å². The van der Waals surface area contributed by atoms with Crippen LogP contribution in [-0.2, 0) is 0 Å². The zero-order valence-corrected chi connectivity index (χ0v) is 11.1. The minimum atomic E-state index is -0.00297. The fraction of sp³-hybridized carbons (Fsp3) is 0. The van der Waals surface area contributed by atoms with Crippen LogP contribution in [-0.4, -0.2) is 21.6 Å². The maximum Gasteiger partial charge on any atom is 0.124 e. The van der Waals surface area contributed by atoms with Gasteiger partial charge in [-0.2, -0.15) is 0 Å². The number of aromatic nitrogens is 2. The number of amidine groups is 2. The van der Waals surface area contributed by atoms with Crippen LogP contribution in [0.25, 0.3) is 22.3 Å². The van der Waals surface area contributed by atoms with E-state index in [9.17, 15) is 0 Å². The van der Waals surface area contributed by atoms with Crippen LogP contribution in [0, 0.1) is 10.8 Å². The van der Waals surface area contributed by atoms with Gasteiger partial charge in [-0.1, -0.05) is 12.1 Å². The number of H-pyrrole nitrogens is 1. The summed E-state index contributed by atoms with van der Waals surface area (Å²) in [6.45, 7) is 0. The van der Waals surface area contributed by atoms with Crippen LogP contribution in [0.4, 0.5) is 0 Å². The zero-order chi connectivity index (χ0) is 15.0. The van der Waals surface area contributed by atoms with Crippen molar-refractivity contribution in [2.24, 2.45) is 11.5 Å². The molecule has 0 aliphatic carbocycles. The molecule has 0 atom stereocenters. The third kappa shape index (κ3) is 2.34. The standard InChI is InChI=1S/C15H14N6/c16-14(17)9-2-1-8-5-13(21-12(8)6-9)11-4-3-10(7-20-11)15(18)19/h1-7,21H,(H3,16,17)(H3,18,19). The zero-order valence-electron chi connectivity index (χ0n) is 11.1. The first-order valence-corrected chi connectivity index (χ1v) is 6.32. The summed E-state index contributed by atoms with van der Waals surface area (Å²) in [6.07, 6.45) is 1.57. The highest BCUT2D eigenvalue weighted by molar-refractivity contribution is 5.99. The van der Waals surface area contributed by atoms with E-state index < -0.39 is 0 Å². The molecule has 104 valence electrons. The van der Waals surface area contributed by atoms with Gasteiger partial charge >= 0.3 is 0 Å². The highest BCUT2D eigenvalue weighted by Crippen LogP contribution is 2.23. The molecule has 0 aliphatic rings. The Balaban J connectivity index is 2.04. The third-order valence-corrected chi connectivity index (χ3v) is 3.28. The quantitative estimate of drug-likeness (QED) is 0.370. The Morgan fingerprint density at radius 1 is 0.952 bits per heavy atom. The van der Waals surface area contributed by atoms with Crippen molar-refractivity contribution in [3.05, 3.63) is 53.7 Å². The summed E-state index contributed by atoms with van der Waals surface area (Å²) < 4.78 is 0. The molecule has 0 radical (unpaired) electrons. The third-order valence-electron chi connectivity index (χ3n) is 3.28. The molecule has 6 nitrogen and oxygen atoms in total. The van der Waals surface area contributed by atoms with E-state index in [1.54, 1.807) is 12.3 Å². The summed E-state index contributed by atoms with van der Waals surface area (Å²) in [7, 11) is 0. The monoisotopic (exact) mass is 278 g/mol. The number of nitrogens with zero attached hydrogens (tertiary/aromatic N) is 1. The van der Waals surface area contributed by atoms with Crippen molar-refractivity contribution < 1.29 is 0 Å². The Morgan fingerprint density at radius 2 is 1.67 bits per heavy atom. The average molecular weight is 278 g/mol. The Kier molecular flexibility index (Phi) is 2.91. The lowest BCUT2D eigenvalue weighted by Gasteiger charge is -2.00. The molecule has 3 aromatic rings. The minimum absolute atomic E-state index is 0.00297. The van der Waals surface area contributed by atoms with E-state index in [2.05, 4.69) is 9.97 Å². The fourth-order valence-corrected chi connectivity index (χ4v) is 2.15. The van der Waals surface area contributed by atoms with Gasteiger partial charge in [0.2, 0.25) is 0 Å². The summed E-state index contributed by atoms with van der Waals surface area (Å²) in [5.41, 5.74) is 14.7. The summed E-state index contributed by atoms with van der Waals surface area (Å²) in [5.74, 6) is 0.0359. The van der Waals surface area contributed by atoms with E-state index in [-0.39, 0.29) is 11.7 Å². The maximum absolute atomic E-state index is 7.46. The number of nitrogens with two attached hydrogens (primary N) is 2. The number of benzene rings is 1. The molecule has 0 aliphatic heterocycles. The fourth-order valence-electron chi connectivity index (χ4n) is 2.15. The van der Waals surface area contributed by atoms with Crippen LogP contribution in [0.3, 0.4) is 0 Å². The Labute approximate surface area is 120 Å². The first-order valence-electron chi connectivity index (χ1n) is 6.32. The van der Waals surface area contributed by atoms with Crippen molar-refractivity contribution in [2.75, 3.05) is 0 Å². The number of hydrogen-bond donors (Lipinski definition) is 5. The molecule has 0 amide bonds. The lowest BCUT2D eigenvalue weighted by molar-refractivity contribution is 1.27. The SMILES string of the molecule is N=C(N)c1ccc(-c2cc3ccc(C(=N)N)cc3[nH]2)nc1. The topological polar surface area (TPSA) is 128 Å². The molecule has 6 heteroatoms. The highest BCUT2D eigenvalue weighted by Gasteiger charge is 2.07. The van der Waals surface area contributed by atoms with Crippen molar-refractivity contribution >= 4 is 22.6 Å². The van der Waals surface area contributed by atoms with Gasteiger partial charge < -0.3 is 16.5 Å². The van der Waals surface area contributed by atoms with Gasteiger partial charge in [-0.15, -0.1) is 0 Å². The molecule has 0 saturated carbocycles. The molecular formula is C15H14N6. The van der Waals surface area contributed by atoms with Crippen LogP contribution >= 0.6 is 0 Å². The van der Waals surface area contributed by atoms with Gasteiger partial charge in [-0.05, 0) is 24.3 Å². The van der Waals surface area contributed by atoms with Gasteiger partial charge in [0.1, 0.15) is 11.7 Å². The van der Waals surface area contributed by atoms with E-state index in [4.69, 9.17) is 22.3 Å². The Hall–Kier alpha value is -3.15. The smallest absolute Gasteiger partial charge is 0.124 e. The highest BCUT2D eigenvalue weighted by atomic mass is 14.8. The van der Waals surface area contributed by atoms with Crippen LogP contribution < -0.4 is 11.5 Å². The van der Waals surface area contributed by atoms with Gasteiger partial charge in [0.05, 0.1) is 11.4 Å². The molecule has 2 aromatic heterocycles. The van der Waals surface area contributed by atoms with Gasteiger partial charge in [0.25, 0.3) is 0 Å². The van der Waals surface area contributed by atoms with E-state index in [0.717, 1.165) is 22.3 Å². The molecule has 21 heavy (non-hydrogen) atoms. The number of pyridine rings is 1. The van der Waals surface area contributed by atoms with Gasteiger partial charge in [-0.3, -0.25) is 15.8 Å². The van der Waals surface area contributed by atoms with E-state index >= 15 is 0 Å². The summed E-state index contributed by atoms with van der Waals surface area (Å²) in [6, 6.07) is 11.1. The molecule has 7 N–H and O–H groups in total.